The van der Waals surface area contributed by atoms with Gasteiger partial charge in [-0.3, -0.25) is 4.98 Å². The number of hydrogen-bond acceptors (Lipinski definition) is 3. The molecule has 0 aliphatic rings. The van der Waals surface area contributed by atoms with E-state index in [4.69, 9.17) is 0 Å². The maximum atomic E-state index is 12.4. The first-order valence-electron chi connectivity index (χ1n) is 7.67. The van der Waals surface area contributed by atoms with Crippen LogP contribution in [0.2, 0.25) is 0 Å². The predicted molar refractivity (Wildman–Crippen MR) is 86.6 cm³/mol. The van der Waals surface area contributed by atoms with Crippen LogP contribution in [0.4, 0.5) is 13.2 Å². The number of alkyl halides is 3. The third-order valence-corrected chi connectivity index (χ3v) is 3.77. The highest BCUT2D eigenvalue weighted by Crippen LogP contribution is 2.25. The lowest BCUT2D eigenvalue weighted by Gasteiger charge is -2.14. The SMILES string of the molecule is OC(Cn1ccnc1-c1ccc(CC(F)(F)F)cc1)c1cccnc1. The fraction of sp³-hybridized carbons (Fsp3) is 0.222. The van der Waals surface area contributed by atoms with Crippen LogP contribution in [0, 0.1) is 0 Å². The molecular formula is C18H16F3N3O. The lowest BCUT2D eigenvalue weighted by molar-refractivity contribution is -0.127. The Bertz CT molecular complexity index is 814. The van der Waals surface area contributed by atoms with E-state index in [0.29, 0.717) is 17.0 Å². The van der Waals surface area contributed by atoms with Crippen molar-refractivity contribution in [1.82, 2.24) is 14.5 Å². The van der Waals surface area contributed by atoms with Crippen molar-refractivity contribution in [1.29, 1.82) is 0 Å². The Morgan fingerprint density at radius 2 is 1.84 bits per heavy atom. The van der Waals surface area contributed by atoms with Gasteiger partial charge in [-0.2, -0.15) is 13.2 Å². The molecule has 2 heterocycles. The molecule has 0 aliphatic carbocycles. The molecule has 0 fully saturated rings. The van der Waals surface area contributed by atoms with E-state index in [1.165, 1.54) is 12.1 Å². The number of benzene rings is 1. The van der Waals surface area contributed by atoms with Crippen LogP contribution in [-0.4, -0.2) is 25.8 Å². The first kappa shape index (κ1) is 17.2. The molecule has 4 nitrogen and oxygen atoms in total. The Balaban J connectivity index is 1.77. The fourth-order valence-corrected chi connectivity index (χ4v) is 2.58. The van der Waals surface area contributed by atoms with E-state index in [1.54, 1.807) is 53.6 Å². The number of aromatic nitrogens is 3. The zero-order valence-electron chi connectivity index (χ0n) is 13.2. The minimum atomic E-state index is -4.23. The molecule has 1 aromatic carbocycles. The van der Waals surface area contributed by atoms with Crippen molar-refractivity contribution in [3.8, 4) is 11.4 Å². The number of pyridine rings is 1. The van der Waals surface area contributed by atoms with Crippen molar-refractivity contribution in [2.45, 2.75) is 25.2 Å². The van der Waals surface area contributed by atoms with Gasteiger partial charge in [0.25, 0.3) is 0 Å². The molecule has 0 radical (unpaired) electrons. The van der Waals surface area contributed by atoms with Crippen LogP contribution < -0.4 is 0 Å². The van der Waals surface area contributed by atoms with E-state index in [9.17, 15) is 18.3 Å². The number of imidazole rings is 1. The molecule has 0 saturated carbocycles. The van der Waals surface area contributed by atoms with Gasteiger partial charge in [-0.15, -0.1) is 0 Å². The second kappa shape index (κ2) is 7.06. The number of hydrogen-bond donors (Lipinski definition) is 1. The first-order valence-corrected chi connectivity index (χ1v) is 7.67. The standard InChI is InChI=1S/C18H16F3N3O/c19-18(20,21)10-13-3-5-14(6-4-13)17-23-8-9-24(17)12-16(25)15-2-1-7-22-11-15/h1-9,11,16,25H,10,12H2. The van der Waals surface area contributed by atoms with Crippen LogP contribution in [0.5, 0.6) is 0 Å². The zero-order chi connectivity index (χ0) is 17.9. The summed E-state index contributed by atoms with van der Waals surface area (Å²) >= 11 is 0. The summed E-state index contributed by atoms with van der Waals surface area (Å²) in [4.78, 5) is 8.23. The molecule has 3 rings (SSSR count). The Hall–Kier alpha value is -2.67. The summed E-state index contributed by atoms with van der Waals surface area (Å²) in [5.41, 5.74) is 1.57. The summed E-state index contributed by atoms with van der Waals surface area (Å²) in [6.07, 6.45) is 0.586. The summed E-state index contributed by atoms with van der Waals surface area (Å²) < 4.78 is 39.1. The molecule has 0 spiro atoms. The number of aliphatic hydroxyl groups excluding tert-OH is 1. The molecule has 7 heteroatoms. The minimum absolute atomic E-state index is 0.199. The van der Waals surface area contributed by atoms with E-state index in [0.717, 1.165) is 0 Å². The summed E-state index contributed by atoms with van der Waals surface area (Å²) in [5.74, 6) is 0.585. The van der Waals surface area contributed by atoms with E-state index in [1.807, 2.05) is 0 Å². The molecule has 0 aliphatic heterocycles. The van der Waals surface area contributed by atoms with Gasteiger partial charge in [-0.1, -0.05) is 30.3 Å². The van der Waals surface area contributed by atoms with Crippen molar-refractivity contribution < 1.29 is 18.3 Å². The highest BCUT2D eigenvalue weighted by molar-refractivity contribution is 5.56. The van der Waals surface area contributed by atoms with Gasteiger partial charge in [0, 0.05) is 35.9 Å². The largest absolute Gasteiger partial charge is 0.393 e. The molecule has 0 amide bonds. The van der Waals surface area contributed by atoms with Gasteiger partial charge in [0.2, 0.25) is 0 Å². The van der Waals surface area contributed by atoms with Gasteiger partial charge < -0.3 is 9.67 Å². The lowest BCUT2D eigenvalue weighted by Crippen LogP contribution is -2.11. The molecule has 1 N–H and O–H groups in total. The van der Waals surface area contributed by atoms with Crippen molar-refractivity contribution >= 4 is 0 Å². The third-order valence-electron chi connectivity index (χ3n) is 3.77. The average Bonchev–Trinajstić information content (AvgIpc) is 3.03. The van der Waals surface area contributed by atoms with Crippen LogP contribution in [0.15, 0.2) is 61.2 Å². The Morgan fingerprint density at radius 3 is 2.48 bits per heavy atom. The van der Waals surface area contributed by atoms with Gasteiger partial charge in [0.05, 0.1) is 19.1 Å². The van der Waals surface area contributed by atoms with Crippen LogP contribution in [0.3, 0.4) is 0 Å². The van der Waals surface area contributed by atoms with Crippen molar-refractivity contribution in [3.05, 3.63) is 72.3 Å². The second-order valence-electron chi connectivity index (χ2n) is 5.69. The van der Waals surface area contributed by atoms with Crippen molar-refractivity contribution in [2.24, 2.45) is 0 Å². The summed E-state index contributed by atoms with van der Waals surface area (Å²) in [6.45, 7) is 0.269. The normalized spacial score (nSPS) is 13.0. The lowest BCUT2D eigenvalue weighted by atomic mass is 10.1. The topological polar surface area (TPSA) is 50.9 Å². The maximum absolute atomic E-state index is 12.4. The highest BCUT2D eigenvalue weighted by Gasteiger charge is 2.27. The number of nitrogens with zero attached hydrogens (tertiary/aromatic N) is 3. The van der Waals surface area contributed by atoms with Gasteiger partial charge >= 0.3 is 6.18 Å². The molecule has 2 aromatic heterocycles. The molecule has 0 saturated heterocycles. The van der Waals surface area contributed by atoms with Crippen molar-refractivity contribution in [2.75, 3.05) is 0 Å². The molecule has 130 valence electrons. The maximum Gasteiger partial charge on any atom is 0.393 e. The van der Waals surface area contributed by atoms with E-state index >= 15 is 0 Å². The van der Waals surface area contributed by atoms with Gasteiger partial charge in [-0.05, 0) is 11.6 Å². The summed E-state index contributed by atoms with van der Waals surface area (Å²) in [6, 6.07) is 9.62. The Kier molecular flexibility index (Phi) is 4.85. The molecule has 0 bridgehead atoms. The molecule has 3 aromatic rings. The second-order valence-corrected chi connectivity index (χ2v) is 5.69. The number of halogens is 3. The number of rotatable bonds is 5. The molecule has 25 heavy (non-hydrogen) atoms. The van der Waals surface area contributed by atoms with Crippen molar-refractivity contribution in [3.63, 3.8) is 0 Å². The van der Waals surface area contributed by atoms with Crippen LogP contribution in [-0.2, 0) is 13.0 Å². The smallest absolute Gasteiger partial charge is 0.386 e. The summed E-state index contributed by atoms with van der Waals surface area (Å²) in [7, 11) is 0. The fourth-order valence-electron chi connectivity index (χ4n) is 2.58. The van der Waals surface area contributed by atoms with Crippen LogP contribution >= 0.6 is 0 Å². The van der Waals surface area contributed by atoms with Gasteiger partial charge in [-0.25, -0.2) is 4.98 Å². The van der Waals surface area contributed by atoms with E-state index < -0.39 is 18.7 Å². The predicted octanol–water partition coefficient (Wildman–Crippen LogP) is 3.78. The first-order chi connectivity index (χ1) is 11.9. The number of aliphatic hydroxyl groups is 1. The van der Waals surface area contributed by atoms with E-state index in [-0.39, 0.29) is 12.1 Å². The van der Waals surface area contributed by atoms with E-state index in [2.05, 4.69) is 9.97 Å². The Labute approximate surface area is 142 Å². The van der Waals surface area contributed by atoms with Crippen LogP contribution in [0.25, 0.3) is 11.4 Å². The third kappa shape index (κ3) is 4.45. The zero-order valence-corrected chi connectivity index (χ0v) is 13.2. The van der Waals surface area contributed by atoms with Gasteiger partial charge in [0.15, 0.2) is 0 Å². The molecule has 1 unspecified atom stereocenters. The highest BCUT2D eigenvalue weighted by atomic mass is 19.4. The minimum Gasteiger partial charge on any atom is -0.386 e. The Morgan fingerprint density at radius 1 is 1.08 bits per heavy atom. The molecular weight excluding hydrogens is 331 g/mol. The summed E-state index contributed by atoms with van der Waals surface area (Å²) in [5, 5.41) is 10.3. The average molecular weight is 347 g/mol. The van der Waals surface area contributed by atoms with Crippen LogP contribution in [0.1, 0.15) is 17.2 Å². The van der Waals surface area contributed by atoms with Gasteiger partial charge in [0.1, 0.15) is 5.82 Å². The molecule has 1 atom stereocenters. The monoisotopic (exact) mass is 347 g/mol. The quantitative estimate of drug-likeness (QED) is 0.764.